The zero-order valence-electron chi connectivity index (χ0n) is 2.05. The van der Waals surface area contributed by atoms with Crippen LogP contribution < -0.4 is 0 Å². The third-order valence-corrected chi connectivity index (χ3v) is 0. The summed E-state index contributed by atoms with van der Waals surface area (Å²) in [4.78, 5) is 0. The van der Waals surface area contributed by atoms with Gasteiger partial charge in [-0.15, -0.1) is 0 Å². The summed E-state index contributed by atoms with van der Waals surface area (Å²) in [6.45, 7) is 0. The van der Waals surface area contributed by atoms with Crippen molar-refractivity contribution in [2.75, 3.05) is 0 Å². The molecule has 0 rings (SSSR count). The molecular formula is H3NiPPdZn. The Morgan fingerprint density at radius 3 is 1.00 bits per heavy atom. The molecule has 0 aliphatic rings. The molecule has 0 aromatic carbocycles. The zero-order chi connectivity index (χ0) is 0. The monoisotopic (exact) mass is 262 g/mol. The first-order valence-corrected chi connectivity index (χ1v) is 0. The van der Waals surface area contributed by atoms with Crippen LogP contribution in [0.5, 0.6) is 0 Å². The minimum Gasteiger partial charge on any atom is -0.153 e. The van der Waals surface area contributed by atoms with Crippen LogP contribution in [0.15, 0.2) is 0 Å². The summed E-state index contributed by atoms with van der Waals surface area (Å²) in [6, 6.07) is 0. The first-order valence-electron chi connectivity index (χ1n) is 0. The Morgan fingerprint density at radius 2 is 1.00 bits per heavy atom. The van der Waals surface area contributed by atoms with Gasteiger partial charge in [0.15, 0.2) is 0 Å². The normalized spacial score (nSPS) is 0. The van der Waals surface area contributed by atoms with Gasteiger partial charge in [0.1, 0.15) is 0 Å². The zero-order valence-corrected chi connectivity index (χ0v) is 8.97. The van der Waals surface area contributed by atoms with Crippen LogP contribution in [0.2, 0.25) is 0 Å². The van der Waals surface area contributed by atoms with E-state index in [1.807, 2.05) is 0 Å². The van der Waals surface area contributed by atoms with E-state index in [0.29, 0.717) is 0 Å². The van der Waals surface area contributed by atoms with E-state index in [9.17, 15) is 0 Å². The van der Waals surface area contributed by atoms with Crippen LogP contribution >= 0.6 is 9.90 Å². The fourth-order valence-electron chi connectivity index (χ4n) is 0. The predicted molar refractivity (Wildman–Crippen MR) is 11.1 cm³/mol. The molecule has 4 heteroatoms. The van der Waals surface area contributed by atoms with Crippen LogP contribution in [0.4, 0.5) is 0 Å². The summed E-state index contributed by atoms with van der Waals surface area (Å²) >= 11 is 0. The van der Waals surface area contributed by atoms with E-state index in [4.69, 9.17) is 0 Å². The van der Waals surface area contributed by atoms with Gasteiger partial charge in [-0.25, -0.2) is 0 Å². The maximum absolute atomic E-state index is 0. The molecule has 0 saturated heterocycles. The molecule has 0 aromatic heterocycles. The van der Waals surface area contributed by atoms with E-state index < -0.39 is 0 Å². The molecule has 0 saturated carbocycles. The second-order valence-electron chi connectivity index (χ2n) is 0. The Hall–Kier alpha value is 2.21. The van der Waals surface area contributed by atoms with E-state index in [1.165, 1.54) is 0 Å². The van der Waals surface area contributed by atoms with Gasteiger partial charge < -0.3 is 0 Å². The smallest absolute Gasteiger partial charge is 0 e. The molecule has 0 aromatic rings. The van der Waals surface area contributed by atoms with Crippen LogP contribution in [0, 0.1) is 0 Å². The van der Waals surface area contributed by atoms with Crippen molar-refractivity contribution < 1.29 is 56.4 Å². The predicted octanol–water partition coefficient (Wildman–Crippen LogP) is 0.0506. The van der Waals surface area contributed by atoms with Crippen molar-refractivity contribution in [3.05, 3.63) is 0 Å². The van der Waals surface area contributed by atoms with Crippen molar-refractivity contribution in [3.63, 3.8) is 0 Å². The fourth-order valence-corrected chi connectivity index (χ4v) is 0. The number of hydrogen-bond donors (Lipinski definition) is 0. The second-order valence-corrected chi connectivity index (χ2v) is 0. The number of hydrogen-bond acceptors (Lipinski definition) is 0. The quantitative estimate of drug-likeness (QED) is 0.428. The largest absolute Gasteiger partial charge is 0.153 e. The van der Waals surface area contributed by atoms with Gasteiger partial charge in [-0.2, -0.15) is 9.90 Å². The van der Waals surface area contributed by atoms with Crippen LogP contribution in [-0.2, 0) is 56.4 Å². The first kappa shape index (κ1) is 34.5. The van der Waals surface area contributed by atoms with Gasteiger partial charge in [0.05, 0.1) is 0 Å². The summed E-state index contributed by atoms with van der Waals surface area (Å²) < 4.78 is 0. The van der Waals surface area contributed by atoms with E-state index in [1.54, 1.807) is 0 Å². The Labute approximate surface area is 65.8 Å². The molecular weight excluding hydrogens is 261 g/mol. The Morgan fingerprint density at radius 1 is 1.00 bits per heavy atom. The van der Waals surface area contributed by atoms with Crippen molar-refractivity contribution in [2.45, 2.75) is 0 Å². The van der Waals surface area contributed by atoms with Gasteiger partial charge in [0, 0.05) is 56.4 Å². The van der Waals surface area contributed by atoms with Gasteiger partial charge in [-0.3, -0.25) is 0 Å². The van der Waals surface area contributed by atoms with Crippen molar-refractivity contribution in [1.82, 2.24) is 0 Å². The minimum atomic E-state index is 0. The molecule has 0 spiro atoms. The topological polar surface area (TPSA) is 0 Å². The van der Waals surface area contributed by atoms with E-state index in [0.717, 1.165) is 0 Å². The molecule has 0 bridgehead atoms. The average Bonchev–Trinajstić information content (AvgIpc) is 0. The Balaban J connectivity index is 0. The van der Waals surface area contributed by atoms with Crippen molar-refractivity contribution in [2.24, 2.45) is 0 Å². The molecule has 0 aliphatic carbocycles. The maximum Gasteiger partial charge on any atom is 0 e. The third-order valence-electron chi connectivity index (χ3n) is 0. The number of rotatable bonds is 0. The summed E-state index contributed by atoms with van der Waals surface area (Å²) in [7, 11) is 0. The molecule has 0 amide bonds. The molecule has 1 atom stereocenters. The molecule has 0 nitrogen and oxygen atoms in total. The molecule has 4 heavy (non-hydrogen) atoms. The van der Waals surface area contributed by atoms with Gasteiger partial charge in [0.2, 0.25) is 0 Å². The van der Waals surface area contributed by atoms with Crippen LogP contribution in [-0.4, -0.2) is 0 Å². The third kappa shape index (κ3) is 8.88. The summed E-state index contributed by atoms with van der Waals surface area (Å²) in [6.07, 6.45) is 0. The fraction of sp³-hybridized carbons (Fsp3) is 0. The molecule has 1 unspecified atom stereocenters. The van der Waals surface area contributed by atoms with E-state index in [-0.39, 0.29) is 66.3 Å². The molecule has 30 valence electrons. The van der Waals surface area contributed by atoms with Crippen molar-refractivity contribution >= 4 is 9.90 Å². The molecule has 0 N–H and O–H groups in total. The SMILES string of the molecule is P.[Ni].[Pd].[Zn]. The van der Waals surface area contributed by atoms with E-state index in [2.05, 4.69) is 0 Å². The average molecular weight is 265 g/mol. The first-order chi connectivity index (χ1) is 0. The van der Waals surface area contributed by atoms with Crippen molar-refractivity contribution in [1.29, 1.82) is 0 Å². The second kappa shape index (κ2) is 18.9. The van der Waals surface area contributed by atoms with Gasteiger partial charge in [-0.05, 0) is 0 Å². The van der Waals surface area contributed by atoms with Crippen LogP contribution in [0.3, 0.4) is 0 Å². The molecule has 0 fully saturated rings. The van der Waals surface area contributed by atoms with E-state index >= 15 is 0 Å². The maximum atomic E-state index is 0. The van der Waals surface area contributed by atoms with Crippen molar-refractivity contribution in [3.8, 4) is 0 Å². The summed E-state index contributed by atoms with van der Waals surface area (Å²) in [5, 5.41) is 0. The summed E-state index contributed by atoms with van der Waals surface area (Å²) in [5.74, 6) is 0. The molecule has 0 radical (unpaired) electrons. The molecule has 0 aliphatic heterocycles. The standard InChI is InChI=1S/Ni.H3P.Pd.Zn/h;1H3;;. The van der Waals surface area contributed by atoms with Crippen LogP contribution in [0.1, 0.15) is 0 Å². The Bertz CT molecular complexity index is 8.00. The Kier molecular flexibility index (Phi) is 163. The van der Waals surface area contributed by atoms with Gasteiger partial charge >= 0.3 is 0 Å². The van der Waals surface area contributed by atoms with Gasteiger partial charge in [-0.1, -0.05) is 0 Å². The minimum absolute atomic E-state index is 0. The molecule has 0 heterocycles. The van der Waals surface area contributed by atoms with Crippen LogP contribution in [0.25, 0.3) is 0 Å². The van der Waals surface area contributed by atoms with Gasteiger partial charge in [0.25, 0.3) is 0 Å². The summed E-state index contributed by atoms with van der Waals surface area (Å²) in [5.41, 5.74) is 0.